The zero-order valence-electron chi connectivity index (χ0n) is 10.0. The molecule has 0 fully saturated rings. The Bertz CT molecular complexity index is 293. The first kappa shape index (κ1) is 13.3. The molecule has 0 saturated heterocycles. The van der Waals surface area contributed by atoms with Gasteiger partial charge in [-0.15, -0.1) is 5.10 Å². The monoisotopic (exact) mass is 245 g/mol. The number of hydrogen-bond acceptors (Lipinski definition) is 6. The Labute approximate surface area is 100 Å². The number of hydrogen-bond donors (Lipinski definition) is 1. The van der Waals surface area contributed by atoms with Crippen LogP contribution in [0, 0.1) is 0 Å². The Hall–Kier alpha value is -0.720. The number of nitrogens with one attached hydrogen (secondary N) is 1. The van der Waals surface area contributed by atoms with Crippen molar-refractivity contribution in [1.29, 1.82) is 0 Å². The minimum absolute atomic E-state index is 0.0797. The van der Waals surface area contributed by atoms with Gasteiger partial charge < -0.3 is 14.8 Å². The molecule has 1 heterocycles. The van der Waals surface area contributed by atoms with Crippen LogP contribution >= 0.6 is 11.5 Å². The van der Waals surface area contributed by atoms with E-state index in [1.807, 2.05) is 20.8 Å². The molecule has 1 aromatic rings. The summed E-state index contributed by atoms with van der Waals surface area (Å²) in [6.45, 7) is 8.68. The summed E-state index contributed by atoms with van der Waals surface area (Å²) in [6, 6.07) is 0. The van der Waals surface area contributed by atoms with Gasteiger partial charge in [0.25, 0.3) is 0 Å². The van der Waals surface area contributed by atoms with Crippen molar-refractivity contribution in [3.63, 3.8) is 0 Å². The molecule has 0 aliphatic carbocycles. The summed E-state index contributed by atoms with van der Waals surface area (Å²) in [7, 11) is 0. The molecule has 16 heavy (non-hydrogen) atoms. The lowest BCUT2D eigenvalue weighted by Crippen LogP contribution is -2.16. The van der Waals surface area contributed by atoms with E-state index in [9.17, 15) is 0 Å². The minimum atomic E-state index is 0.0797. The van der Waals surface area contributed by atoms with Crippen LogP contribution in [0.25, 0.3) is 0 Å². The number of ether oxygens (including phenoxy) is 2. The maximum Gasteiger partial charge on any atom is 0.135 e. The van der Waals surface area contributed by atoms with E-state index in [0.717, 1.165) is 17.2 Å². The average Bonchev–Trinajstić information content (AvgIpc) is 2.72. The highest BCUT2D eigenvalue weighted by atomic mass is 32.1. The molecular weight excluding hydrogens is 226 g/mol. The van der Waals surface area contributed by atoms with E-state index >= 15 is 0 Å². The van der Waals surface area contributed by atoms with E-state index in [-0.39, 0.29) is 6.10 Å². The average molecular weight is 245 g/mol. The Morgan fingerprint density at radius 1 is 1.44 bits per heavy atom. The lowest BCUT2D eigenvalue weighted by Gasteiger charge is -2.12. The normalized spacial score (nSPS) is 12.7. The van der Waals surface area contributed by atoms with E-state index in [1.165, 1.54) is 11.5 Å². The first-order valence-electron chi connectivity index (χ1n) is 5.52. The number of nitrogens with zero attached hydrogens (tertiary/aromatic N) is 2. The third-order valence-corrected chi connectivity index (χ3v) is 2.68. The summed E-state index contributed by atoms with van der Waals surface area (Å²) < 4.78 is 14.8. The highest BCUT2D eigenvalue weighted by Crippen LogP contribution is 2.18. The third kappa shape index (κ3) is 4.42. The molecule has 0 spiro atoms. The van der Waals surface area contributed by atoms with Gasteiger partial charge in [0.2, 0.25) is 0 Å². The van der Waals surface area contributed by atoms with Gasteiger partial charge in [0, 0.05) is 24.7 Å². The van der Waals surface area contributed by atoms with Crippen LogP contribution in [0.4, 0.5) is 5.00 Å². The van der Waals surface area contributed by atoms with Crippen molar-refractivity contribution >= 4 is 16.5 Å². The molecule has 6 heteroatoms. The molecule has 0 radical (unpaired) electrons. The standard InChI is InChI=1S/C10H19N3O2S/c1-4-11-10-9(12-13-16-10)7-15-8(3)6-14-5-2/h8,11H,4-7H2,1-3H3. The summed E-state index contributed by atoms with van der Waals surface area (Å²) in [5.41, 5.74) is 0.871. The molecule has 92 valence electrons. The smallest absolute Gasteiger partial charge is 0.135 e. The van der Waals surface area contributed by atoms with E-state index in [0.29, 0.717) is 19.8 Å². The second kappa shape index (κ2) is 7.54. The van der Waals surface area contributed by atoms with Gasteiger partial charge in [-0.2, -0.15) is 0 Å². The number of anilines is 1. The Kier molecular flexibility index (Phi) is 6.29. The van der Waals surface area contributed by atoms with E-state index < -0.39 is 0 Å². The fourth-order valence-electron chi connectivity index (χ4n) is 1.15. The van der Waals surface area contributed by atoms with Crippen molar-refractivity contribution in [2.24, 2.45) is 0 Å². The van der Waals surface area contributed by atoms with Crippen LogP contribution in [0.3, 0.4) is 0 Å². The molecule has 1 rings (SSSR count). The van der Waals surface area contributed by atoms with Crippen molar-refractivity contribution < 1.29 is 9.47 Å². The minimum Gasteiger partial charge on any atom is -0.379 e. The van der Waals surface area contributed by atoms with E-state index in [4.69, 9.17) is 9.47 Å². The maximum absolute atomic E-state index is 5.61. The van der Waals surface area contributed by atoms with Gasteiger partial charge in [-0.3, -0.25) is 0 Å². The van der Waals surface area contributed by atoms with Gasteiger partial charge in [-0.1, -0.05) is 4.49 Å². The second-order valence-corrected chi connectivity index (χ2v) is 4.11. The van der Waals surface area contributed by atoms with Crippen molar-refractivity contribution in [2.45, 2.75) is 33.5 Å². The molecule has 0 amide bonds. The van der Waals surface area contributed by atoms with Crippen molar-refractivity contribution in [3.05, 3.63) is 5.69 Å². The molecule has 1 N–H and O–H groups in total. The van der Waals surface area contributed by atoms with Gasteiger partial charge in [0.05, 0.1) is 19.3 Å². The molecule has 0 aliphatic rings. The predicted molar refractivity (Wildman–Crippen MR) is 64.8 cm³/mol. The summed E-state index contributed by atoms with van der Waals surface area (Å²) >= 11 is 1.36. The van der Waals surface area contributed by atoms with Crippen LogP contribution in [-0.4, -0.2) is 35.4 Å². The third-order valence-electron chi connectivity index (χ3n) is 1.95. The fraction of sp³-hybridized carbons (Fsp3) is 0.800. The second-order valence-electron chi connectivity index (χ2n) is 3.36. The lowest BCUT2D eigenvalue weighted by atomic mass is 10.4. The van der Waals surface area contributed by atoms with Crippen molar-refractivity contribution in [2.75, 3.05) is 25.1 Å². The molecule has 0 aromatic carbocycles. The first-order chi connectivity index (χ1) is 7.77. The maximum atomic E-state index is 5.61. The summed E-state index contributed by atoms with van der Waals surface area (Å²) in [6.07, 6.45) is 0.0797. The largest absolute Gasteiger partial charge is 0.379 e. The van der Waals surface area contributed by atoms with Crippen LogP contribution in [0.2, 0.25) is 0 Å². The molecule has 5 nitrogen and oxygen atoms in total. The van der Waals surface area contributed by atoms with Gasteiger partial charge in [-0.05, 0) is 20.8 Å². The first-order valence-corrected chi connectivity index (χ1v) is 6.29. The molecule has 1 unspecified atom stereocenters. The van der Waals surface area contributed by atoms with Crippen LogP contribution in [0.1, 0.15) is 26.5 Å². The SMILES string of the molecule is CCNc1snnc1COC(C)COCC. The van der Waals surface area contributed by atoms with Crippen LogP contribution < -0.4 is 5.32 Å². The number of rotatable bonds is 8. The lowest BCUT2D eigenvalue weighted by molar-refractivity contribution is -0.0125. The summed E-state index contributed by atoms with van der Waals surface area (Å²) in [5.74, 6) is 0. The zero-order chi connectivity index (χ0) is 11.8. The highest BCUT2D eigenvalue weighted by molar-refractivity contribution is 7.10. The Morgan fingerprint density at radius 3 is 2.94 bits per heavy atom. The molecule has 0 aliphatic heterocycles. The van der Waals surface area contributed by atoms with Crippen LogP contribution in [0.5, 0.6) is 0 Å². The Balaban J connectivity index is 2.32. The molecule has 1 atom stereocenters. The van der Waals surface area contributed by atoms with Crippen LogP contribution in [-0.2, 0) is 16.1 Å². The summed E-state index contributed by atoms with van der Waals surface area (Å²) in [5, 5.41) is 8.22. The molecular formula is C10H19N3O2S. The molecule has 0 bridgehead atoms. The van der Waals surface area contributed by atoms with Crippen LogP contribution in [0.15, 0.2) is 0 Å². The van der Waals surface area contributed by atoms with Gasteiger partial charge in [-0.25, -0.2) is 0 Å². The van der Waals surface area contributed by atoms with Gasteiger partial charge in [0.15, 0.2) is 0 Å². The predicted octanol–water partition coefficient (Wildman–Crippen LogP) is 1.91. The van der Waals surface area contributed by atoms with E-state index in [2.05, 4.69) is 14.9 Å². The molecule has 1 aromatic heterocycles. The zero-order valence-corrected chi connectivity index (χ0v) is 10.8. The quantitative estimate of drug-likeness (QED) is 0.758. The fourth-order valence-corrected chi connectivity index (χ4v) is 1.79. The topological polar surface area (TPSA) is 56.3 Å². The number of aromatic nitrogens is 2. The van der Waals surface area contributed by atoms with Gasteiger partial charge in [0.1, 0.15) is 10.7 Å². The Morgan fingerprint density at radius 2 is 2.25 bits per heavy atom. The van der Waals surface area contributed by atoms with Crippen molar-refractivity contribution in [3.8, 4) is 0 Å². The highest BCUT2D eigenvalue weighted by Gasteiger charge is 2.09. The van der Waals surface area contributed by atoms with Gasteiger partial charge >= 0.3 is 0 Å². The van der Waals surface area contributed by atoms with E-state index in [1.54, 1.807) is 0 Å². The van der Waals surface area contributed by atoms with Crippen molar-refractivity contribution in [1.82, 2.24) is 9.59 Å². The summed E-state index contributed by atoms with van der Waals surface area (Å²) in [4.78, 5) is 0. The molecule has 0 saturated carbocycles.